The monoisotopic (exact) mass is 455 g/mol. The Labute approximate surface area is 181 Å². The lowest BCUT2D eigenvalue weighted by molar-refractivity contribution is -0.0671. The molecule has 2 aliphatic heterocycles. The molecule has 4 heterocycles. The van der Waals surface area contributed by atoms with E-state index >= 15 is 0 Å². The van der Waals surface area contributed by atoms with Crippen molar-refractivity contribution in [1.29, 1.82) is 10.8 Å². The van der Waals surface area contributed by atoms with Gasteiger partial charge in [0.05, 0.1) is 11.6 Å². The average Bonchev–Trinajstić information content (AvgIpc) is 3.15. The van der Waals surface area contributed by atoms with E-state index in [0.717, 1.165) is 42.4 Å². The Hall–Kier alpha value is -2.54. The third-order valence-electron chi connectivity index (χ3n) is 5.46. The molecule has 0 radical (unpaired) electrons. The molecule has 0 bridgehead atoms. The summed E-state index contributed by atoms with van der Waals surface area (Å²) in [6.07, 6.45) is -4.03. The predicted molar refractivity (Wildman–Crippen MR) is 115 cm³/mol. The number of aryl methyl sites for hydroxylation is 1. The van der Waals surface area contributed by atoms with Crippen LogP contribution in [0.2, 0.25) is 0 Å². The maximum Gasteiger partial charge on any atom is 0.449 e. The van der Waals surface area contributed by atoms with Crippen molar-refractivity contribution in [3.05, 3.63) is 5.01 Å². The van der Waals surface area contributed by atoms with Crippen molar-refractivity contribution in [2.24, 2.45) is 0 Å². The van der Waals surface area contributed by atoms with E-state index < -0.39 is 12.0 Å². The van der Waals surface area contributed by atoms with Gasteiger partial charge in [-0.05, 0) is 13.5 Å². The number of hydrogen-bond donors (Lipinski definition) is 2. The fourth-order valence-electron chi connectivity index (χ4n) is 3.64. The molecule has 9 nitrogen and oxygen atoms in total. The van der Waals surface area contributed by atoms with E-state index in [0.29, 0.717) is 22.2 Å². The summed E-state index contributed by atoms with van der Waals surface area (Å²) in [5, 5.41) is 16.4. The molecule has 2 aliphatic rings. The van der Waals surface area contributed by atoms with Gasteiger partial charge in [-0.2, -0.15) is 23.1 Å². The molecule has 2 aromatic heterocycles. The molecule has 0 aromatic carbocycles. The summed E-state index contributed by atoms with van der Waals surface area (Å²) in [7, 11) is 2.06. The van der Waals surface area contributed by atoms with Gasteiger partial charge in [-0.3, -0.25) is 10.8 Å². The number of hydrogen-bond acceptors (Lipinski definition) is 9. The third kappa shape index (κ3) is 4.28. The zero-order valence-electron chi connectivity index (χ0n) is 17.3. The van der Waals surface area contributed by atoms with E-state index in [4.69, 9.17) is 20.8 Å². The minimum Gasteiger partial charge on any atom is -0.345 e. The number of halogens is 3. The van der Waals surface area contributed by atoms with E-state index in [-0.39, 0.29) is 25.5 Å². The van der Waals surface area contributed by atoms with Crippen LogP contribution in [0.4, 0.5) is 24.9 Å². The second-order valence-corrected chi connectivity index (χ2v) is 8.68. The number of likely N-dealkylation sites (N-methyl/N-ethyl adjacent to an activating group) is 1. The lowest BCUT2D eigenvalue weighted by atomic mass is 10.2. The Morgan fingerprint density at radius 3 is 2.32 bits per heavy atom. The van der Waals surface area contributed by atoms with Gasteiger partial charge in [0.2, 0.25) is 11.8 Å². The van der Waals surface area contributed by atoms with Crippen LogP contribution in [-0.4, -0.2) is 95.5 Å². The fourth-order valence-corrected chi connectivity index (χ4v) is 4.51. The lowest BCUT2D eigenvalue weighted by Gasteiger charge is -2.37. The first-order valence-electron chi connectivity index (χ1n) is 10.0. The molecular weight excluding hydrogens is 431 g/mol. The average molecular weight is 456 g/mol. The SMILES string of the molecule is CCc1nc2c(N3CCN(C(=N)C(F)(F)F)C(=N)C3)nc(N3CCN(C)CC3)nc2s1. The van der Waals surface area contributed by atoms with Gasteiger partial charge in [0.15, 0.2) is 10.6 Å². The van der Waals surface area contributed by atoms with Crippen LogP contribution in [0.3, 0.4) is 0 Å². The first-order chi connectivity index (χ1) is 14.7. The summed E-state index contributed by atoms with van der Waals surface area (Å²) in [6, 6.07) is 0. The van der Waals surface area contributed by atoms with Crippen molar-refractivity contribution in [3.63, 3.8) is 0 Å². The molecule has 168 valence electrons. The molecule has 2 fully saturated rings. The van der Waals surface area contributed by atoms with Crippen LogP contribution in [0.1, 0.15) is 11.9 Å². The molecule has 0 saturated carbocycles. The second-order valence-electron chi connectivity index (χ2n) is 7.62. The molecule has 0 aliphatic carbocycles. The number of rotatable bonds is 3. The van der Waals surface area contributed by atoms with Crippen molar-refractivity contribution in [1.82, 2.24) is 24.8 Å². The third-order valence-corrected chi connectivity index (χ3v) is 6.55. The molecule has 13 heteroatoms. The van der Waals surface area contributed by atoms with E-state index in [2.05, 4.69) is 21.8 Å². The van der Waals surface area contributed by atoms with Gasteiger partial charge in [0, 0.05) is 39.3 Å². The largest absolute Gasteiger partial charge is 0.449 e. The zero-order chi connectivity index (χ0) is 22.3. The number of alkyl halides is 3. The maximum atomic E-state index is 12.9. The number of piperazine rings is 2. The molecule has 0 unspecified atom stereocenters. The summed E-state index contributed by atoms with van der Waals surface area (Å²) >= 11 is 1.49. The lowest BCUT2D eigenvalue weighted by Crippen LogP contribution is -2.55. The number of aromatic nitrogens is 3. The van der Waals surface area contributed by atoms with Crippen molar-refractivity contribution < 1.29 is 13.2 Å². The Balaban J connectivity index is 1.65. The maximum absolute atomic E-state index is 12.9. The number of thiazole rings is 1. The number of nitrogens with zero attached hydrogens (tertiary/aromatic N) is 7. The minimum atomic E-state index is -4.78. The highest BCUT2D eigenvalue weighted by atomic mass is 32.1. The van der Waals surface area contributed by atoms with Crippen LogP contribution in [-0.2, 0) is 6.42 Å². The Morgan fingerprint density at radius 2 is 1.71 bits per heavy atom. The van der Waals surface area contributed by atoms with Crippen LogP contribution in [0.5, 0.6) is 0 Å². The molecular formula is C18H24F3N9S. The van der Waals surface area contributed by atoms with E-state index in [1.165, 1.54) is 11.3 Å². The molecule has 31 heavy (non-hydrogen) atoms. The van der Waals surface area contributed by atoms with E-state index in [1.807, 2.05) is 6.92 Å². The van der Waals surface area contributed by atoms with Crippen LogP contribution in [0, 0.1) is 10.8 Å². The first-order valence-corrected chi connectivity index (χ1v) is 10.9. The number of amidine groups is 2. The predicted octanol–water partition coefficient (Wildman–Crippen LogP) is 2.04. The van der Waals surface area contributed by atoms with Crippen LogP contribution in [0.15, 0.2) is 0 Å². The molecule has 4 rings (SSSR count). The number of anilines is 2. The quantitative estimate of drug-likeness (QED) is 0.540. The highest BCUT2D eigenvalue weighted by Crippen LogP contribution is 2.32. The van der Waals surface area contributed by atoms with Crippen LogP contribution in [0.25, 0.3) is 10.3 Å². The minimum absolute atomic E-state index is 0.0776. The molecule has 0 amide bonds. The van der Waals surface area contributed by atoms with Crippen molar-refractivity contribution >= 4 is 45.1 Å². The van der Waals surface area contributed by atoms with Gasteiger partial charge in [-0.1, -0.05) is 18.3 Å². The topological polar surface area (TPSA) is 99.3 Å². The van der Waals surface area contributed by atoms with Crippen LogP contribution >= 0.6 is 11.3 Å². The van der Waals surface area contributed by atoms with Gasteiger partial charge < -0.3 is 19.6 Å². The normalized spacial score (nSPS) is 18.9. The first kappa shape index (κ1) is 21.7. The molecule has 2 aromatic rings. The van der Waals surface area contributed by atoms with Gasteiger partial charge in [0.25, 0.3) is 0 Å². The second kappa shape index (κ2) is 8.19. The number of fused-ring (bicyclic) bond motifs is 1. The van der Waals surface area contributed by atoms with Gasteiger partial charge in [-0.15, -0.1) is 0 Å². The van der Waals surface area contributed by atoms with Crippen LogP contribution < -0.4 is 9.80 Å². The molecule has 0 atom stereocenters. The standard InChI is InChI=1S/C18H24F3N9S/c1-3-12-24-13-14(29-8-9-30(11(22)10-29)16(23)18(19,20)21)25-17(26-15(13)31-12)28-6-4-27(2)5-7-28/h22-23H,3-10H2,1-2H3. The van der Waals surface area contributed by atoms with E-state index in [1.54, 1.807) is 4.90 Å². The Bertz CT molecular complexity index is 997. The summed E-state index contributed by atoms with van der Waals surface area (Å²) < 4.78 is 38.8. The van der Waals surface area contributed by atoms with Gasteiger partial charge in [0.1, 0.15) is 11.4 Å². The zero-order valence-corrected chi connectivity index (χ0v) is 18.1. The molecule has 0 spiro atoms. The van der Waals surface area contributed by atoms with Crippen molar-refractivity contribution in [2.75, 3.05) is 62.7 Å². The van der Waals surface area contributed by atoms with Crippen molar-refractivity contribution in [2.45, 2.75) is 19.5 Å². The Kier molecular flexibility index (Phi) is 5.73. The fraction of sp³-hybridized carbons (Fsp3) is 0.611. The summed E-state index contributed by atoms with van der Waals surface area (Å²) in [5.74, 6) is -0.672. The highest BCUT2D eigenvalue weighted by molar-refractivity contribution is 7.18. The smallest absolute Gasteiger partial charge is 0.345 e. The van der Waals surface area contributed by atoms with Crippen molar-refractivity contribution in [3.8, 4) is 0 Å². The van der Waals surface area contributed by atoms with Gasteiger partial charge >= 0.3 is 6.18 Å². The molecule has 2 N–H and O–H groups in total. The number of nitrogens with one attached hydrogen (secondary N) is 2. The summed E-state index contributed by atoms with van der Waals surface area (Å²) in [4.78, 5) is 21.7. The summed E-state index contributed by atoms with van der Waals surface area (Å²) in [6.45, 7) is 5.37. The highest BCUT2D eigenvalue weighted by Gasteiger charge is 2.41. The Morgan fingerprint density at radius 1 is 1.03 bits per heavy atom. The summed E-state index contributed by atoms with van der Waals surface area (Å²) in [5.41, 5.74) is 0.617. The molecule has 2 saturated heterocycles. The van der Waals surface area contributed by atoms with E-state index in [9.17, 15) is 13.2 Å². The van der Waals surface area contributed by atoms with Gasteiger partial charge in [-0.25, -0.2) is 4.98 Å².